The van der Waals surface area contributed by atoms with E-state index in [-0.39, 0.29) is 0 Å². The first-order chi connectivity index (χ1) is 8.15. The molecule has 17 heavy (non-hydrogen) atoms. The van der Waals surface area contributed by atoms with Gasteiger partial charge in [0.15, 0.2) is 5.82 Å². The van der Waals surface area contributed by atoms with Crippen molar-refractivity contribution in [1.29, 1.82) is 0 Å². The quantitative estimate of drug-likeness (QED) is 0.848. The van der Waals surface area contributed by atoms with Gasteiger partial charge in [-0.15, -0.1) is 10.2 Å². The SMILES string of the molecule is CN(C)c1cccc(NCc2nnn(C)n2)c1. The normalized spacial score (nSPS) is 10.3. The van der Waals surface area contributed by atoms with Crippen LogP contribution in [0.4, 0.5) is 11.4 Å². The second-order valence-electron chi connectivity index (χ2n) is 3.99. The standard InChI is InChI=1S/C11H16N6/c1-16(2)10-6-4-5-9(7-10)12-8-11-13-15-17(3)14-11/h4-7,12H,8H2,1-3H3. The van der Waals surface area contributed by atoms with Crippen LogP contribution in [0.3, 0.4) is 0 Å². The molecule has 0 spiro atoms. The molecule has 0 atom stereocenters. The molecule has 1 heterocycles. The molecule has 0 amide bonds. The lowest BCUT2D eigenvalue weighted by molar-refractivity contribution is 0.628. The Bertz CT molecular complexity index is 490. The zero-order valence-corrected chi connectivity index (χ0v) is 10.3. The molecule has 0 saturated heterocycles. The number of anilines is 2. The fraction of sp³-hybridized carbons (Fsp3) is 0.364. The molecule has 0 radical (unpaired) electrons. The van der Waals surface area contributed by atoms with Gasteiger partial charge in [-0.3, -0.25) is 0 Å². The number of tetrazole rings is 1. The van der Waals surface area contributed by atoms with Gasteiger partial charge in [0.1, 0.15) is 0 Å². The first-order valence-corrected chi connectivity index (χ1v) is 5.39. The van der Waals surface area contributed by atoms with Gasteiger partial charge in [-0.2, -0.15) is 4.80 Å². The molecule has 1 N–H and O–H groups in total. The van der Waals surface area contributed by atoms with E-state index in [1.807, 2.05) is 26.2 Å². The van der Waals surface area contributed by atoms with Crippen LogP contribution in [0.15, 0.2) is 24.3 Å². The average Bonchev–Trinajstić information content (AvgIpc) is 2.73. The largest absolute Gasteiger partial charge is 0.378 e. The minimum absolute atomic E-state index is 0.574. The van der Waals surface area contributed by atoms with Gasteiger partial charge in [-0.05, 0) is 23.4 Å². The molecule has 6 heteroatoms. The number of aromatic nitrogens is 4. The number of nitrogens with one attached hydrogen (secondary N) is 1. The summed E-state index contributed by atoms with van der Waals surface area (Å²) in [4.78, 5) is 3.51. The lowest BCUT2D eigenvalue weighted by atomic mass is 10.2. The van der Waals surface area contributed by atoms with Crippen LogP contribution in [-0.4, -0.2) is 34.3 Å². The highest BCUT2D eigenvalue weighted by Crippen LogP contribution is 2.17. The van der Waals surface area contributed by atoms with Gasteiger partial charge in [0, 0.05) is 25.5 Å². The molecule has 0 unspecified atom stereocenters. The minimum Gasteiger partial charge on any atom is -0.378 e. The van der Waals surface area contributed by atoms with Crippen LogP contribution in [-0.2, 0) is 13.6 Å². The second kappa shape index (κ2) is 4.82. The number of rotatable bonds is 4. The van der Waals surface area contributed by atoms with E-state index in [0.717, 1.165) is 11.4 Å². The van der Waals surface area contributed by atoms with E-state index >= 15 is 0 Å². The Morgan fingerprint density at radius 3 is 2.82 bits per heavy atom. The highest BCUT2D eigenvalue weighted by Gasteiger charge is 2.01. The van der Waals surface area contributed by atoms with E-state index in [9.17, 15) is 0 Å². The van der Waals surface area contributed by atoms with Crippen molar-refractivity contribution < 1.29 is 0 Å². The number of hydrogen-bond donors (Lipinski definition) is 1. The van der Waals surface area contributed by atoms with Crippen molar-refractivity contribution in [3.63, 3.8) is 0 Å². The van der Waals surface area contributed by atoms with Crippen molar-refractivity contribution in [2.24, 2.45) is 7.05 Å². The third-order valence-corrected chi connectivity index (χ3v) is 2.36. The summed E-state index contributed by atoms with van der Waals surface area (Å²) in [7, 11) is 5.79. The molecule has 0 aliphatic rings. The molecule has 0 aliphatic heterocycles. The van der Waals surface area contributed by atoms with Crippen molar-refractivity contribution >= 4 is 11.4 Å². The maximum absolute atomic E-state index is 4.10. The Labute approximate surface area is 100 Å². The molecular weight excluding hydrogens is 216 g/mol. The van der Waals surface area contributed by atoms with Gasteiger partial charge >= 0.3 is 0 Å². The van der Waals surface area contributed by atoms with Crippen molar-refractivity contribution in [3.05, 3.63) is 30.1 Å². The van der Waals surface area contributed by atoms with Crippen molar-refractivity contribution in [1.82, 2.24) is 20.2 Å². The summed E-state index contributed by atoms with van der Waals surface area (Å²) >= 11 is 0. The topological polar surface area (TPSA) is 58.9 Å². The van der Waals surface area contributed by atoms with Crippen LogP contribution in [0.2, 0.25) is 0 Å². The minimum atomic E-state index is 0.574. The predicted molar refractivity (Wildman–Crippen MR) is 66.9 cm³/mol. The van der Waals surface area contributed by atoms with Gasteiger partial charge < -0.3 is 10.2 Å². The third-order valence-electron chi connectivity index (χ3n) is 2.36. The molecule has 0 bridgehead atoms. The zero-order valence-electron chi connectivity index (χ0n) is 10.3. The number of hydrogen-bond acceptors (Lipinski definition) is 5. The Morgan fingerprint density at radius 2 is 2.18 bits per heavy atom. The van der Waals surface area contributed by atoms with Crippen LogP contribution >= 0.6 is 0 Å². The fourth-order valence-corrected chi connectivity index (χ4v) is 1.47. The molecule has 1 aromatic heterocycles. The molecule has 0 saturated carbocycles. The number of aryl methyl sites for hydroxylation is 1. The van der Waals surface area contributed by atoms with Crippen molar-refractivity contribution in [2.45, 2.75) is 6.54 Å². The third kappa shape index (κ3) is 2.93. The molecule has 2 aromatic rings. The summed E-state index contributed by atoms with van der Waals surface area (Å²) < 4.78 is 0. The first-order valence-electron chi connectivity index (χ1n) is 5.39. The zero-order chi connectivity index (χ0) is 12.3. The van der Waals surface area contributed by atoms with E-state index in [1.54, 1.807) is 7.05 Å². The second-order valence-corrected chi connectivity index (χ2v) is 3.99. The van der Waals surface area contributed by atoms with Crippen molar-refractivity contribution in [2.75, 3.05) is 24.3 Å². The molecule has 90 valence electrons. The molecule has 6 nitrogen and oxygen atoms in total. The lowest BCUT2D eigenvalue weighted by Gasteiger charge is -2.13. The summed E-state index contributed by atoms with van der Waals surface area (Å²) in [6.07, 6.45) is 0. The Morgan fingerprint density at radius 1 is 1.35 bits per heavy atom. The number of benzene rings is 1. The van der Waals surface area contributed by atoms with Crippen molar-refractivity contribution in [3.8, 4) is 0 Å². The molecule has 1 aromatic carbocycles. The average molecular weight is 232 g/mol. The van der Waals surface area contributed by atoms with Crippen LogP contribution in [0.1, 0.15) is 5.82 Å². The lowest BCUT2D eigenvalue weighted by Crippen LogP contribution is -2.09. The Kier molecular flexibility index (Phi) is 3.22. The molecular formula is C11H16N6. The van der Waals surface area contributed by atoms with E-state index < -0.39 is 0 Å². The van der Waals surface area contributed by atoms with Gasteiger partial charge in [0.2, 0.25) is 0 Å². The molecule has 0 aliphatic carbocycles. The fourth-order valence-electron chi connectivity index (χ4n) is 1.47. The van der Waals surface area contributed by atoms with Crippen LogP contribution in [0, 0.1) is 0 Å². The summed E-state index contributed by atoms with van der Waals surface area (Å²) in [5.41, 5.74) is 2.20. The Balaban J connectivity index is 2.01. The number of nitrogens with zero attached hydrogens (tertiary/aromatic N) is 5. The highest BCUT2D eigenvalue weighted by molar-refractivity contribution is 5.57. The highest BCUT2D eigenvalue weighted by atomic mass is 15.6. The predicted octanol–water partition coefficient (Wildman–Crippen LogP) is 0.888. The van der Waals surface area contributed by atoms with E-state index in [1.165, 1.54) is 4.80 Å². The monoisotopic (exact) mass is 232 g/mol. The maximum atomic E-state index is 4.10. The summed E-state index contributed by atoms with van der Waals surface area (Å²) in [6, 6.07) is 8.17. The Hall–Kier alpha value is -2.11. The van der Waals surface area contributed by atoms with Gasteiger partial charge in [0.05, 0.1) is 13.6 Å². The van der Waals surface area contributed by atoms with E-state index in [4.69, 9.17) is 0 Å². The van der Waals surface area contributed by atoms with Gasteiger partial charge in [-0.25, -0.2) is 0 Å². The summed E-state index contributed by atoms with van der Waals surface area (Å²) in [5, 5.41) is 15.1. The smallest absolute Gasteiger partial charge is 0.193 e. The van der Waals surface area contributed by atoms with Gasteiger partial charge in [-0.1, -0.05) is 6.07 Å². The maximum Gasteiger partial charge on any atom is 0.193 e. The van der Waals surface area contributed by atoms with Gasteiger partial charge in [0.25, 0.3) is 0 Å². The molecule has 0 fully saturated rings. The summed E-state index contributed by atoms with van der Waals surface area (Å²) in [6.45, 7) is 0.574. The van der Waals surface area contributed by atoms with Crippen LogP contribution in [0.25, 0.3) is 0 Å². The molecule has 2 rings (SSSR count). The van der Waals surface area contributed by atoms with Crippen LogP contribution in [0.5, 0.6) is 0 Å². The van der Waals surface area contributed by atoms with E-state index in [0.29, 0.717) is 12.4 Å². The summed E-state index contributed by atoms with van der Waals surface area (Å²) in [5.74, 6) is 0.683. The van der Waals surface area contributed by atoms with Crippen LogP contribution < -0.4 is 10.2 Å². The van der Waals surface area contributed by atoms with E-state index in [2.05, 4.69) is 37.8 Å². The first kappa shape index (κ1) is 11.4.